The summed E-state index contributed by atoms with van der Waals surface area (Å²) in [6.07, 6.45) is 3.62. The second-order valence-corrected chi connectivity index (χ2v) is 8.65. The Morgan fingerprint density at radius 2 is 1.78 bits per heavy atom. The van der Waals surface area contributed by atoms with E-state index in [2.05, 4.69) is 64.9 Å². The molecule has 1 unspecified atom stereocenters. The largest absolute Gasteiger partial charge is 0.369 e. The molecule has 2 heterocycles. The lowest BCUT2D eigenvalue weighted by atomic mass is 10.1. The van der Waals surface area contributed by atoms with Gasteiger partial charge in [0.25, 0.3) is 0 Å². The molecule has 0 radical (unpaired) electrons. The molecule has 6 heteroatoms. The maximum atomic E-state index is 12.6. The molecule has 1 saturated heterocycles. The average molecular weight is 434 g/mol. The molecule has 32 heavy (non-hydrogen) atoms. The van der Waals surface area contributed by atoms with E-state index in [1.54, 1.807) is 0 Å². The van der Waals surface area contributed by atoms with E-state index in [1.165, 1.54) is 23.2 Å². The number of rotatable bonds is 7. The number of anilines is 1. The molecule has 2 aromatic rings. The smallest absolute Gasteiger partial charge is 0.223 e. The standard InChI is InChI=1S/C26H35N5O/c1-2-27-26(29-23-12-9-17-30(20-23)24-13-4-3-5-14-24)28-16-8-15-25(32)31-18-21-10-6-7-11-22(21)19-31/h3-7,10-11,13-14,23H,2,8-9,12,15-20H2,1H3,(H2,27,28,29). The van der Waals surface area contributed by atoms with Gasteiger partial charge in [-0.15, -0.1) is 0 Å². The maximum Gasteiger partial charge on any atom is 0.223 e. The highest BCUT2D eigenvalue weighted by atomic mass is 16.2. The zero-order valence-electron chi connectivity index (χ0n) is 19.1. The summed E-state index contributed by atoms with van der Waals surface area (Å²) in [7, 11) is 0. The summed E-state index contributed by atoms with van der Waals surface area (Å²) in [6, 6.07) is 19.3. The first kappa shape index (κ1) is 22.2. The van der Waals surface area contributed by atoms with Gasteiger partial charge in [0.05, 0.1) is 0 Å². The fourth-order valence-corrected chi connectivity index (χ4v) is 4.57. The number of carbonyl (C=O) groups is 1. The van der Waals surface area contributed by atoms with Crippen molar-refractivity contribution in [3.05, 3.63) is 65.7 Å². The number of amides is 1. The Kier molecular flexibility index (Phi) is 7.64. The molecule has 2 aliphatic heterocycles. The summed E-state index contributed by atoms with van der Waals surface area (Å²) in [5.74, 6) is 1.08. The van der Waals surface area contributed by atoms with E-state index < -0.39 is 0 Å². The molecule has 0 saturated carbocycles. The van der Waals surface area contributed by atoms with Crippen LogP contribution in [0.4, 0.5) is 5.69 Å². The number of nitrogens with one attached hydrogen (secondary N) is 2. The fraction of sp³-hybridized carbons (Fsp3) is 0.462. The number of guanidine groups is 1. The summed E-state index contributed by atoms with van der Waals surface area (Å²) in [5, 5.41) is 6.98. The molecule has 0 aromatic heterocycles. The third kappa shape index (κ3) is 5.81. The molecule has 0 bridgehead atoms. The Balaban J connectivity index is 1.24. The quantitative estimate of drug-likeness (QED) is 0.398. The van der Waals surface area contributed by atoms with Crippen molar-refractivity contribution < 1.29 is 4.79 Å². The Morgan fingerprint density at radius 3 is 2.50 bits per heavy atom. The molecule has 0 spiro atoms. The van der Waals surface area contributed by atoms with Crippen LogP contribution in [0.2, 0.25) is 0 Å². The molecule has 0 aliphatic carbocycles. The van der Waals surface area contributed by atoms with Crippen LogP contribution in [0.1, 0.15) is 43.7 Å². The number of piperidine rings is 1. The predicted molar refractivity (Wildman–Crippen MR) is 131 cm³/mol. The molecule has 1 atom stereocenters. The van der Waals surface area contributed by atoms with Crippen molar-refractivity contribution >= 4 is 17.6 Å². The number of para-hydroxylation sites is 1. The lowest BCUT2D eigenvalue weighted by Crippen LogP contribution is -2.51. The number of hydrogen-bond acceptors (Lipinski definition) is 3. The minimum Gasteiger partial charge on any atom is -0.369 e. The number of fused-ring (bicyclic) bond motifs is 1. The summed E-state index contributed by atoms with van der Waals surface area (Å²) in [6.45, 7) is 7.11. The predicted octanol–water partition coefficient (Wildman–Crippen LogP) is 3.53. The van der Waals surface area contributed by atoms with Crippen LogP contribution >= 0.6 is 0 Å². The highest BCUT2D eigenvalue weighted by Crippen LogP contribution is 2.23. The Bertz CT molecular complexity index is 888. The van der Waals surface area contributed by atoms with Gasteiger partial charge < -0.3 is 20.4 Å². The molecule has 2 aliphatic rings. The van der Waals surface area contributed by atoms with E-state index in [9.17, 15) is 4.79 Å². The Labute approximate surface area is 191 Å². The van der Waals surface area contributed by atoms with Gasteiger partial charge in [-0.25, -0.2) is 0 Å². The van der Waals surface area contributed by atoms with Crippen LogP contribution in [0.5, 0.6) is 0 Å². The molecular formula is C26H35N5O. The molecule has 1 amide bonds. The van der Waals surface area contributed by atoms with Crippen LogP contribution in [0.3, 0.4) is 0 Å². The van der Waals surface area contributed by atoms with E-state index in [-0.39, 0.29) is 5.91 Å². The topological polar surface area (TPSA) is 60.0 Å². The number of hydrogen-bond donors (Lipinski definition) is 2. The molecule has 4 rings (SSSR count). The first-order chi connectivity index (χ1) is 15.7. The fourth-order valence-electron chi connectivity index (χ4n) is 4.57. The van der Waals surface area contributed by atoms with Crippen molar-refractivity contribution in [2.75, 3.05) is 31.1 Å². The van der Waals surface area contributed by atoms with Gasteiger partial charge >= 0.3 is 0 Å². The number of benzene rings is 2. The SMILES string of the molecule is CCNC(=NCCCC(=O)N1Cc2ccccc2C1)NC1CCCN(c2ccccc2)C1. The molecule has 2 aromatic carbocycles. The van der Waals surface area contributed by atoms with Crippen molar-refractivity contribution in [1.82, 2.24) is 15.5 Å². The van der Waals surface area contributed by atoms with Gasteiger partial charge in [0.15, 0.2) is 5.96 Å². The number of aliphatic imine (C=N–C) groups is 1. The minimum atomic E-state index is 0.222. The van der Waals surface area contributed by atoms with E-state index in [0.717, 1.165) is 51.5 Å². The van der Waals surface area contributed by atoms with Gasteiger partial charge in [-0.2, -0.15) is 0 Å². The third-order valence-corrected chi connectivity index (χ3v) is 6.24. The zero-order valence-corrected chi connectivity index (χ0v) is 19.1. The second-order valence-electron chi connectivity index (χ2n) is 8.65. The van der Waals surface area contributed by atoms with Crippen molar-refractivity contribution in [2.45, 2.75) is 51.7 Å². The lowest BCUT2D eigenvalue weighted by Gasteiger charge is -2.35. The Morgan fingerprint density at radius 1 is 1.06 bits per heavy atom. The van der Waals surface area contributed by atoms with Crippen molar-refractivity contribution in [3.8, 4) is 0 Å². The van der Waals surface area contributed by atoms with Crippen LogP contribution in [-0.2, 0) is 17.9 Å². The normalized spacial score (nSPS) is 18.4. The van der Waals surface area contributed by atoms with E-state index in [4.69, 9.17) is 4.99 Å². The van der Waals surface area contributed by atoms with Gasteiger partial charge in [-0.3, -0.25) is 9.79 Å². The van der Waals surface area contributed by atoms with Crippen LogP contribution < -0.4 is 15.5 Å². The van der Waals surface area contributed by atoms with Gasteiger partial charge in [-0.1, -0.05) is 42.5 Å². The number of nitrogens with zero attached hydrogens (tertiary/aromatic N) is 3. The summed E-state index contributed by atoms with van der Waals surface area (Å²) >= 11 is 0. The van der Waals surface area contributed by atoms with Crippen LogP contribution in [0, 0.1) is 0 Å². The van der Waals surface area contributed by atoms with Gasteiger partial charge in [0, 0.05) is 57.4 Å². The van der Waals surface area contributed by atoms with E-state index >= 15 is 0 Å². The van der Waals surface area contributed by atoms with Gasteiger partial charge in [0.2, 0.25) is 5.91 Å². The molecule has 2 N–H and O–H groups in total. The molecule has 6 nitrogen and oxygen atoms in total. The summed E-state index contributed by atoms with van der Waals surface area (Å²) in [4.78, 5) is 21.8. The van der Waals surface area contributed by atoms with E-state index in [1.807, 2.05) is 17.0 Å². The molecule has 170 valence electrons. The highest BCUT2D eigenvalue weighted by Gasteiger charge is 2.23. The molecule has 1 fully saturated rings. The lowest BCUT2D eigenvalue weighted by molar-refractivity contribution is -0.131. The zero-order chi connectivity index (χ0) is 22.2. The average Bonchev–Trinajstić information content (AvgIpc) is 3.27. The Hall–Kier alpha value is -3.02. The monoisotopic (exact) mass is 433 g/mol. The first-order valence-corrected chi connectivity index (χ1v) is 11.9. The van der Waals surface area contributed by atoms with Crippen LogP contribution in [-0.4, -0.2) is 49.0 Å². The summed E-state index contributed by atoms with van der Waals surface area (Å²) in [5.41, 5.74) is 3.83. The maximum absolute atomic E-state index is 12.6. The van der Waals surface area contributed by atoms with Crippen molar-refractivity contribution in [3.63, 3.8) is 0 Å². The van der Waals surface area contributed by atoms with Gasteiger partial charge in [-0.05, 0) is 49.4 Å². The van der Waals surface area contributed by atoms with Crippen LogP contribution in [0.25, 0.3) is 0 Å². The van der Waals surface area contributed by atoms with E-state index in [0.29, 0.717) is 19.0 Å². The molecular weight excluding hydrogens is 398 g/mol. The minimum absolute atomic E-state index is 0.222. The summed E-state index contributed by atoms with van der Waals surface area (Å²) < 4.78 is 0. The third-order valence-electron chi connectivity index (χ3n) is 6.24. The van der Waals surface area contributed by atoms with Crippen molar-refractivity contribution in [2.24, 2.45) is 4.99 Å². The van der Waals surface area contributed by atoms with Crippen molar-refractivity contribution in [1.29, 1.82) is 0 Å². The van der Waals surface area contributed by atoms with Gasteiger partial charge in [0.1, 0.15) is 0 Å². The number of carbonyl (C=O) groups excluding carboxylic acids is 1. The second kappa shape index (κ2) is 11.0. The highest BCUT2D eigenvalue weighted by molar-refractivity contribution is 5.80. The first-order valence-electron chi connectivity index (χ1n) is 11.9. The van der Waals surface area contributed by atoms with Crippen LogP contribution in [0.15, 0.2) is 59.6 Å².